The number of amides is 2. The van der Waals surface area contributed by atoms with Crippen molar-refractivity contribution in [2.75, 3.05) is 6.54 Å². The van der Waals surface area contributed by atoms with Crippen molar-refractivity contribution in [2.24, 2.45) is 5.73 Å². The summed E-state index contributed by atoms with van der Waals surface area (Å²) in [6, 6.07) is 7.81. The van der Waals surface area contributed by atoms with Crippen molar-refractivity contribution in [3.63, 3.8) is 0 Å². The van der Waals surface area contributed by atoms with Crippen LogP contribution in [-0.2, 0) is 11.0 Å². The van der Waals surface area contributed by atoms with E-state index in [9.17, 15) is 22.8 Å². The van der Waals surface area contributed by atoms with Gasteiger partial charge in [0.15, 0.2) is 0 Å². The molecule has 5 nitrogen and oxygen atoms in total. The van der Waals surface area contributed by atoms with E-state index >= 15 is 0 Å². The Bertz CT molecular complexity index is 772. The van der Waals surface area contributed by atoms with E-state index in [1.54, 1.807) is 24.3 Å². The van der Waals surface area contributed by atoms with Gasteiger partial charge in [-0.2, -0.15) is 13.2 Å². The molecule has 0 fully saturated rings. The van der Waals surface area contributed by atoms with E-state index in [1.807, 2.05) is 0 Å². The van der Waals surface area contributed by atoms with Gasteiger partial charge in [0.2, 0.25) is 5.91 Å². The number of carbonyl (C=O) groups excluding carboxylic acids is 2. The molecular weight excluding hydrogens is 391 g/mol. The van der Waals surface area contributed by atoms with E-state index in [4.69, 9.17) is 5.73 Å². The molecule has 0 unspecified atom stereocenters. The molecule has 0 aliphatic heterocycles. The van der Waals surface area contributed by atoms with Crippen LogP contribution in [0.5, 0.6) is 0 Å². The highest BCUT2D eigenvalue weighted by atomic mass is 79.9. The lowest BCUT2D eigenvalue weighted by Gasteiger charge is -2.08. The number of aromatic nitrogens is 1. The molecule has 0 bridgehead atoms. The Morgan fingerprint density at radius 2 is 1.92 bits per heavy atom. The van der Waals surface area contributed by atoms with E-state index < -0.39 is 29.2 Å². The second-order valence-corrected chi connectivity index (χ2v) is 5.78. The molecule has 0 saturated carbocycles. The number of rotatable bonds is 5. The Balaban J connectivity index is 2.38. The second-order valence-electron chi connectivity index (χ2n) is 4.92. The molecular formula is C15H13BrF3N3O2. The SMILES string of the molecule is NC(=O)CCNC(=O)c1cc(-c2ccccc2Br)[nH]c1C(F)(F)F. The van der Waals surface area contributed by atoms with Crippen LogP contribution in [0.25, 0.3) is 11.3 Å². The fraction of sp³-hybridized carbons (Fsp3) is 0.200. The van der Waals surface area contributed by atoms with Gasteiger partial charge in [0.1, 0.15) is 5.69 Å². The summed E-state index contributed by atoms with van der Waals surface area (Å²) in [7, 11) is 0. The Labute approximate surface area is 143 Å². The van der Waals surface area contributed by atoms with Gasteiger partial charge >= 0.3 is 6.18 Å². The van der Waals surface area contributed by atoms with Gasteiger partial charge in [-0.05, 0) is 12.1 Å². The molecule has 0 saturated heterocycles. The number of aromatic amines is 1. The summed E-state index contributed by atoms with van der Waals surface area (Å²) >= 11 is 3.26. The van der Waals surface area contributed by atoms with Crippen molar-refractivity contribution in [3.05, 3.63) is 46.1 Å². The summed E-state index contributed by atoms with van der Waals surface area (Å²) < 4.78 is 40.2. The average Bonchev–Trinajstić information content (AvgIpc) is 2.92. The van der Waals surface area contributed by atoms with Gasteiger partial charge in [-0.1, -0.05) is 34.1 Å². The van der Waals surface area contributed by atoms with Crippen molar-refractivity contribution >= 4 is 27.7 Å². The van der Waals surface area contributed by atoms with Crippen LogP contribution in [0.3, 0.4) is 0 Å². The maximum absolute atomic E-state index is 13.2. The molecule has 4 N–H and O–H groups in total. The van der Waals surface area contributed by atoms with Crippen LogP contribution in [0.15, 0.2) is 34.8 Å². The molecule has 9 heteroatoms. The third kappa shape index (κ3) is 4.16. The molecule has 0 atom stereocenters. The molecule has 2 amide bonds. The summed E-state index contributed by atoms with van der Waals surface area (Å²) in [5.74, 6) is -1.59. The lowest BCUT2D eigenvalue weighted by molar-refractivity contribution is -0.141. The van der Waals surface area contributed by atoms with Crippen molar-refractivity contribution in [1.82, 2.24) is 10.3 Å². The van der Waals surface area contributed by atoms with E-state index in [-0.39, 0.29) is 18.7 Å². The zero-order chi connectivity index (χ0) is 17.9. The average molecular weight is 404 g/mol. The van der Waals surface area contributed by atoms with Gasteiger partial charge in [0, 0.05) is 28.7 Å². The number of benzene rings is 1. The number of alkyl halides is 3. The Hall–Kier alpha value is -2.29. The van der Waals surface area contributed by atoms with E-state index in [2.05, 4.69) is 26.2 Å². The molecule has 1 aromatic carbocycles. The van der Waals surface area contributed by atoms with Crippen LogP contribution in [0.2, 0.25) is 0 Å². The van der Waals surface area contributed by atoms with E-state index in [0.29, 0.717) is 10.0 Å². The first kappa shape index (κ1) is 18.1. The third-order valence-corrected chi connectivity index (χ3v) is 3.86. The maximum Gasteiger partial charge on any atom is 0.432 e. The van der Waals surface area contributed by atoms with Crippen LogP contribution in [0.1, 0.15) is 22.5 Å². The van der Waals surface area contributed by atoms with Crippen LogP contribution >= 0.6 is 15.9 Å². The molecule has 24 heavy (non-hydrogen) atoms. The molecule has 0 aliphatic carbocycles. The molecule has 0 spiro atoms. The topological polar surface area (TPSA) is 88.0 Å². The van der Waals surface area contributed by atoms with Crippen molar-refractivity contribution in [2.45, 2.75) is 12.6 Å². The summed E-state index contributed by atoms with van der Waals surface area (Å²) in [5, 5.41) is 2.25. The Kier molecular flexibility index (Phi) is 5.33. The number of nitrogens with one attached hydrogen (secondary N) is 2. The molecule has 1 aromatic heterocycles. The first-order valence-electron chi connectivity index (χ1n) is 6.81. The van der Waals surface area contributed by atoms with Gasteiger partial charge in [-0.25, -0.2) is 0 Å². The highest BCUT2D eigenvalue weighted by Gasteiger charge is 2.38. The fourth-order valence-electron chi connectivity index (χ4n) is 2.08. The monoisotopic (exact) mass is 403 g/mol. The van der Waals surface area contributed by atoms with Crippen LogP contribution in [-0.4, -0.2) is 23.3 Å². The van der Waals surface area contributed by atoms with Gasteiger partial charge in [0.05, 0.1) is 5.56 Å². The zero-order valence-electron chi connectivity index (χ0n) is 12.2. The minimum atomic E-state index is -4.73. The number of halogens is 4. The largest absolute Gasteiger partial charge is 0.432 e. The van der Waals surface area contributed by atoms with Gasteiger partial charge in [-0.15, -0.1) is 0 Å². The van der Waals surface area contributed by atoms with Crippen LogP contribution in [0.4, 0.5) is 13.2 Å². The highest BCUT2D eigenvalue weighted by Crippen LogP contribution is 2.36. The Morgan fingerprint density at radius 3 is 2.50 bits per heavy atom. The number of primary amides is 1. The minimum absolute atomic E-state index is 0.138. The molecule has 128 valence electrons. The van der Waals surface area contributed by atoms with Crippen molar-refractivity contribution in [3.8, 4) is 11.3 Å². The molecule has 0 radical (unpaired) electrons. The predicted molar refractivity (Wildman–Crippen MR) is 85.1 cm³/mol. The van der Waals surface area contributed by atoms with Gasteiger partial charge in [-0.3, -0.25) is 9.59 Å². The highest BCUT2D eigenvalue weighted by molar-refractivity contribution is 9.10. The number of hydrogen-bond acceptors (Lipinski definition) is 2. The van der Waals surface area contributed by atoms with Crippen LogP contribution < -0.4 is 11.1 Å². The van der Waals surface area contributed by atoms with Gasteiger partial charge in [0.25, 0.3) is 5.91 Å². The molecule has 0 aliphatic rings. The van der Waals surface area contributed by atoms with Crippen LogP contribution in [0, 0.1) is 0 Å². The number of H-pyrrole nitrogens is 1. The first-order valence-corrected chi connectivity index (χ1v) is 7.61. The smallest absolute Gasteiger partial charge is 0.370 e. The number of hydrogen-bond donors (Lipinski definition) is 3. The molecule has 1 heterocycles. The quantitative estimate of drug-likeness (QED) is 0.716. The van der Waals surface area contributed by atoms with E-state index in [0.717, 1.165) is 6.07 Å². The molecule has 2 rings (SSSR count). The maximum atomic E-state index is 13.2. The lowest BCUT2D eigenvalue weighted by atomic mass is 10.1. The Morgan fingerprint density at radius 1 is 1.25 bits per heavy atom. The first-order chi connectivity index (χ1) is 11.2. The van der Waals surface area contributed by atoms with E-state index in [1.165, 1.54) is 0 Å². The minimum Gasteiger partial charge on any atom is -0.370 e. The normalized spacial score (nSPS) is 11.3. The fourth-order valence-corrected chi connectivity index (χ4v) is 2.57. The predicted octanol–water partition coefficient (Wildman–Crippen LogP) is 3.07. The van der Waals surface area contributed by atoms with Gasteiger partial charge < -0.3 is 16.0 Å². The number of nitrogens with two attached hydrogens (primary N) is 1. The summed E-state index contributed by atoms with van der Waals surface area (Å²) in [4.78, 5) is 24.9. The third-order valence-electron chi connectivity index (χ3n) is 3.17. The van der Waals surface area contributed by atoms with Crippen molar-refractivity contribution < 1.29 is 22.8 Å². The second kappa shape index (κ2) is 7.08. The summed E-state index contributed by atoms with van der Waals surface area (Å²) in [6.07, 6.45) is -4.88. The zero-order valence-corrected chi connectivity index (χ0v) is 13.8. The number of carbonyl (C=O) groups is 2. The summed E-state index contributed by atoms with van der Waals surface area (Å²) in [6.45, 7) is -0.138. The summed E-state index contributed by atoms with van der Waals surface area (Å²) in [5.41, 5.74) is 3.87. The molecule has 2 aromatic rings. The lowest BCUT2D eigenvalue weighted by Crippen LogP contribution is -2.29. The standard InChI is InChI=1S/C15H13BrF3N3O2/c16-10-4-2-1-3-8(10)11-7-9(13(22-11)15(17,18)19)14(24)21-6-5-12(20)23/h1-4,7,22H,5-6H2,(H2,20,23)(H,21,24). The van der Waals surface area contributed by atoms with Crippen molar-refractivity contribution in [1.29, 1.82) is 0 Å².